The fourth-order valence-corrected chi connectivity index (χ4v) is 2.88. The Morgan fingerprint density at radius 2 is 2.19 bits per heavy atom. The summed E-state index contributed by atoms with van der Waals surface area (Å²) in [4.78, 5) is 10.0. The third-order valence-electron chi connectivity index (χ3n) is 2.34. The van der Waals surface area contributed by atoms with E-state index in [-0.39, 0.29) is 0 Å². The van der Waals surface area contributed by atoms with E-state index in [1.54, 1.807) is 22.7 Å². The molecular formula is C11H15N3S2. The molecule has 0 amide bonds. The maximum Gasteiger partial charge on any atom is 0.0926 e. The first-order valence-corrected chi connectivity index (χ1v) is 7.08. The number of aryl methyl sites for hydroxylation is 2. The summed E-state index contributed by atoms with van der Waals surface area (Å²) in [5.41, 5.74) is 4.17. The van der Waals surface area contributed by atoms with E-state index in [4.69, 9.17) is 0 Å². The molecule has 2 rings (SSSR count). The van der Waals surface area contributed by atoms with Crippen LogP contribution >= 0.6 is 22.7 Å². The highest BCUT2D eigenvalue weighted by molar-refractivity contribution is 7.10. The van der Waals surface area contributed by atoms with E-state index in [1.165, 1.54) is 9.88 Å². The molecule has 0 radical (unpaired) electrons. The molecular weight excluding hydrogens is 238 g/mol. The van der Waals surface area contributed by atoms with Gasteiger partial charge in [0.15, 0.2) is 0 Å². The molecule has 2 aromatic heterocycles. The summed E-state index contributed by atoms with van der Waals surface area (Å²) in [6, 6.07) is 0. The summed E-state index contributed by atoms with van der Waals surface area (Å²) in [5, 5.41) is 6.74. The van der Waals surface area contributed by atoms with Gasteiger partial charge in [0.25, 0.3) is 0 Å². The lowest BCUT2D eigenvalue weighted by atomic mass is 10.4. The van der Waals surface area contributed by atoms with Crippen LogP contribution in [-0.4, -0.2) is 9.97 Å². The fourth-order valence-electron chi connectivity index (χ4n) is 1.39. The van der Waals surface area contributed by atoms with Gasteiger partial charge >= 0.3 is 0 Å². The van der Waals surface area contributed by atoms with E-state index in [2.05, 4.69) is 27.6 Å². The highest BCUT2D eigenvalue weighted by Crippen LogP contribution is 2.13. The number of hydrogen-bond donors (Lipinski definition) is 1. The molecule has 16 heavy (non-hydrogen) atoms. The highest BCUT2D eigenvalue weighted by atomic mass is 32.1. The monoisotopic (exact) mass is 253 g/mol. The molecule has 0 aliphatic carbocycles. The predicted molar refractivity (Wildman–Crippen MR) is 68.9 cm³/mol. The van der Waals surface area contributed by atoms with Crippen LogP contribution in [0.1, 0.15) is 28.2 Å². The minimum atomic E-state index is 0.841. The average molecular weight is 253 g/mol. The maximum absolute atomic E-state index is 4.51. The molecule has 0 fully saturated rings. The van der Waals surface area contributed by atoms with Gasteiger partial charge in [-0.05, 0) is 13.3 Å². The van der Waals surface area contributed by atoms with Crippen LogP contribution in [0, 0.1) is 6.92 Å². The topological polar surface area (TPSA) is 37.8 Å². The lowest BCUT2D eigenvalue weighted by Crippen LogP contribution is -2.12. The van der Waals surface area contributed by atoms with E-state index in [9.17, 15) is 0 Å². The molecule has 0 bridgehead atoms. The lowest BCUT2D eigenvalue weighted by molar-refractivity contribution is 0.684. The van der Waals surface area contributed by atoms with Crippen molar-refractivity contribution in [3.05, 3.63) is 32.2 Å². The van der Waals surface area contributed by atoms with Gasteiger partial charge in [0.2, 0.25) is 0 Å². The second-order valence-corrected chi connectivity index (χ2v) is 5.43. The largest absolute Gasteiger partial charge is 0.306 e. The summed E-state index contributed by atoms with van der Waals surface area (Å²) < 4.78 is 0. The van der Waals surface area contributed by atoms with E-state index < -0.39 is 0 Å². The Hall–Kier alpha value is -0.780. The summed E-state index contributed by atoms with van der Waals surface area (Å²) in [5.74, 6) is 0. The first-order chi connectivity index (χ1) is 7.79. The van der Waals surface area contributed by atoms with E-state index >= 15 is 0 Å². The Labute approximate surface area is 104 Å². The second-order valence-electron chi connectivity index (χ2n) is 3.55. The molecule has 0 spiro atoms. The molecule has 0 atom stereocenters. The Balaban J connectivity index is 1.82. The molecule has 0 aromatic carbocycles. The molecule has 0 saturated carbocycles. The molecule has 0 aliphatic heterocycles. The lowest BCUT2D eigenvalue weighted by Gasteiger charge is -2.00. The minimum absolute atomic E-state index is 0.841. The van der Waals surface area contributed by atoms with Crippen molar-refractivity contribution in [1.82, 2.24) is 15.3 Å². The summed E-state index contributed by atoms with van der Waals surface area (Å²) in [7, 11) is 0. The first kappa shape index (κ1) is 11.7. The predicted octanol–water partition coefficient (Wildman–Crippen LogP) is 2.76. The molecule has 5 heteroatoms. The molecule has 0 saturated heterocycles. The van der Waals surface area contributed by atoms with Gasteiger partial charge in [-0.3, -0.25) is 0 Å². The van der Waals surface area contributed by atoms with E-state index in [1.807, 2.05) is 12.4 Å². The van der Waals surface area contributed by atoms with Gasteiger partial charge in [0.1, 0.15) is 0 Å². The zero-order valence-electron chi connectivity index (χ0n) is 9.49. The first-order valence-electron chi connectivity index (χ1n) is 5.32. The van der Waals surface area contributed by atoms with Crippen molar-refractivity contribution >= 4 is 22.7 Å². The highest BCUT2D eigenvalue weighted by Gasteiger charge is 2.02. The van der Waals surface area contributed by atoms with Crippen molar-refractivity contribution in [2.45, 2.75) is 33.4 Å². The standard InChI is InChI=1S/C11H15N3S2/c1-3-11-14-9(6-15-11)4-12-5-10-8(2)13-7-16-10/h6-7,12H,3-5H2,1-2H3. The fraction of sp³-hybridized carbons (Fsp3) is 0.455. The summed E-state index contributed by atoms with van der Waals surface area (Å²) >= 11 is 3.44. The summed E-state index contributed by atoms with van der Waals surface area (Å²) in [6.45, 7) is 5.91. The molecule has 3 nitrogen and oxygen atoms in total. The average Bonchev–Trinajstić information content (AvgIpc) is 2.89. The Morgan fingerprint density at radius 1 is 1.31 bits per heavy atom. The van der Waals surface area contributed by atoms with Crippen LogP contribution in [0.25, 0.3) is 0 Å². The Kier molecular flexibility index (Phi) is 4.04. The zero-order valence-corrected chi connectivity index (χ0v) is 11.1. The van der Waals surface area contributed by atoms with Crippen LogP contribution in [0.3, 0.4) is 0 Å². The minimum Gasteiger partial charge on any atom is -0.306 e. The third kappa shape index (κ3) is 2.87. The quantitative estimate of drug-likeness (QED) is 0.890. The molecule has 86 valence electrons. The molecule has 2 heterocycles. The van der Waals surface area contributed by atoms with Gasteiger partial charge in [-0.2, -0.15) is 0 Å². The number of nitrogens with one attached hydrogen (secondary N) is 1. The van der Waals surface area contributed by atoms with Crippen molar-refractivity contribution in [3.8, 4) is 0 Å². The Bertz CT molecular complexity index is 448. The SMILES string of the molecule is CCc1nc(CNCc2scnc2C)cs1. The zero-order chi connectivity index (χ0) is 11.4. The van der Waals surface area contributed by atoms with Crippen LogP contribution in [0.15, 0.2) is 10.9 Å². The molecule has 1 N–H and O–H groups in total. The van der Waals surface area contributed by atoms with Gasteiger partial charge in [-0.1, -0.05) is 6.92 Å². The normalized spacial score (nSPS) is 10.9. The van der Waals surface area contributed by atoms with Crippen LogP contribution in [0.2, 0.25) is 0 Å². The van der Waals surface area contributed by atoms with Gasteiger partial charge in [-0.15, -0.1) is 22.7 Å². The van der Waals surface area contributed by atoms with Crippen LogP contribution in [0.5, 0.6) is 0 Å². The molecule has 0 aliphatic rings. The summed E-state index contributed by atoms with van der Waals surface area (Å²) in [6.07, 6.45) is 1.03. The number of nitrogens with zero attached hydrogens (tertiary/aromatic N) is 2. The van der Waals surface area contributed by atoms with Gasteiger partial charge in [-0.25, -0.2) is 9.97 Å². The Morgan fingerprint density at radius 3 is 2.81 bits per heavy atom. The molecule has 2 aromatic rings. The van der Waals surface area contributed by atoms with Gasteiger partial charge in [0, 0.05) is 23.3 Å². The van der Waals surface area contributed by atoms with Gasteiger partial charge in [0.05, 0.1) is 21.9 Å². The van der Waals surface area contributed by atoms with Crippen molar-refractivity contribution < 1.29 is 0 Å². The third-order valence-corrected chi connectivity index (χ3v) is 4.32. The second kappa shape index (κ2) is 5.52. The van der Waals surface area contributed by atoms with E-state index in [0.717, 1.165) is 30.9 Å². The number of aromatic nitrogens is 2. The molecule has 0 unspecified atom stereocenters. The van der Waals surface area contributed by atoms with Gasteiger partial charge < -0.3 is 5.32 Å². The van der Waals surface area contributed by atoms with Crippen LogP contribution in [-0.2, 0) is 19.5 Å². The number of hydrogen-bond acceptors (Lipinski definition) is 5. The van der Waals surface area contributed by atoms with E-state index in [0.29, 0.717) is 0 Å². The van der Waals surface area contributed by atoms with Crippen molar-refractivity contribution in [1.29, 1.82) is 0 Å². The van der Waals surface area contributed by atoms with Crippen LogP contribution in [0.4, 0.5) is 0 Å². The number of thiazole rings is 2. The maximum atomic E-state index is 4.51. The van der Waals surface area contributed by atoms with Crippen molar-refractivity contribution in [2.75, 3.05) is 0 Å². The van der Waals surface area contributed by atoms with Crippen molar-refractivity contribution in [2.24, 2.45) is 0 Å². The van der Waals surface area contributed by atoms with Crippen LogP contribution < -0.4 is 5.32 Å². The smallest absolute Gasteiger partial charge is 0.0926 e. The van der Waals surface area contributed by atoms with Crippen molar-refractivity contribution in [3.63, 3.8) is 0 Å². The number of rotatable bonds is 5.